The Morgan fingerprint density at radius 1 is 1.40 bits per heavy atom. The minimum atomic E-state index is -0.615. The summed E-state index contributed by atoms with van der Waals surface area (Å²) in [4.78, 5) is 2.31. The third-order valence-electron chi connectivity index (χ3n) is 3.35. The quantitative estimate of drug-likeness (QED) is 0.710. The molecule has 2 heterocycles. The summed E-state index contributed by atoms with van der Waals surface area (Å²) in [5.74, 6) is 1.56. The molecule has 15 heavy (non-hydrogen) atoms. The summed E-state index contributed by atoms with van der Waals surface area (Å²) in [5.41, 5.74) is -0.0567. The zero-order valence-electron chi connectivity index (χ0n) is 8.98. The minimum Gasteiger partial charge on any atom is -0.396 e. The van der Waals surface area contributed by atoms with Gasteiger partial charge in [-0.3, -0.25) is 4.21 Å². The van der Waals surface area contributed by atoms with Crippen LogP contribution in [0.1, 0.15) is 6.42 Å². The van der Waals surface area contributed by atoms with Crippen LogP contribution >= 0.6 is 0 Å². The molecule has 2 aliphatic heterocycles. The van der Waals surface area contributed by atoms with Gasteiger partial charge in [-0.1, -0.05) is 0 Å². The maximum absolute atomic E-state index is 11.2. The monoisotopic (exact) mass is 233 g/mol. The molecule has 0 aromatic rings. The number of hydrogen-bond acceptors (Lipinski definition) is 4. The summed E-state index contributed by atoms with van der Waals surface area (Å²) < 4.78 is 16.6. The molecule has 0 aromatic carbocycles. The third kappa shape index (κ3) is 2.78. The van der Waals surface area contributed by atoms with E-state index >= 15 is 0 Å². The largest absolute Gasteiger partial charge is 0.396 e. The number of aliphatic hydroxyl groups excluding tert-OH is 1. The van der Waals surface area contributed by atoms with Crippen molar-refractivity contribution in [2.24, 2.45) is 5.41 Å². The first kappa shape index (κ1) is 11.5. The fraction of sp³-hybridized carbons (Fsp3) is 1.00. The number of hydrogen-bond donors (Lipinski definition) is 1. The van der Waals surface area contributed by atoms with E-state index in [9.17, 15) is 9.32 Å². The van der Waals surface area contributed by atoms with Gasteiger partial charge in [0.05, 0.1) is 13.2 Å². The maximum Gasteiger partial charge on any atom is 0.0557 e. The first-order chi connectivity index (χ1) is 7.24. The van der Waals surface area contributed by atoms with Crippen molar-refractivity contribution < 1.29 is 14.1 Å². The van der Waals surface area contributed by atoms with Gasteiger partial charge in [0.25, 0.3) is 0 Å². The molecule has 2 fully saturated rings. The molecule has 0 bridgehead atoms. The smallest absolute Gasteiger partial charge is 0.0557 e. The predicted octanol–water partition coefficient (Wildman–Crippen LogP) is -0.550. The lowest BCUT2D eigenvalue weighted by Crippen LogP contribution is -2.46. The molecule has 5 heteroatoms. The second kappa shape index (κ2) is 4.91. The Hall–Kier alpha value is 0.0300. The average Bonchev–Trinajstić information content (AvgIpc) is 2.71. The maximum atomic E-state index is 11.2. The molecule has 0 radical (unpaired) electrons. The SMILES string of the molecule is O=S1CCN(CC2(CO)CCOC2)CC1. The first-order valence-electron chi connectivity index (χ1n) is 5.50. The summed E-state index contributed by atoms with van der Waals surface area (Å²) >= 11 is 0. The van der Waals surface area contributed by atoms with Gasteiger partial charge in [-0.25, -0.2) is 0 Å². The van der Waals surface area contributed by atoms with Gasteiger partial charge in [0, 0.05) is 54.0 Å². The highest BCUT2D eigenvalue weighted by atomic mass is 32.2. The van der Waals surface area contributed by atoms with Crippen molar-refractivity contribution in [2.75, 3.05) is 51.0 Å². The van der Waals surface area contributed by atoms with Crippen LogP contribution in [0.25, 0.3) is 0 Å². The average molecular weight is 233 g/mol. The lowest BCUT2D eigenvalue weighted by molar-refractivity contribution is 0.0596. The Morgan fingerprint density at radius 3 is 2.67 bits per heavy atom. The lowest BCUT2D eigenvalue weighted by atomic mass is 9.87. The van der Waals surface area contributed by atoms with E-state index in [1.807, 2.05) is 0 Å². The minimum absolute atomic E-state index is 0.0567. The van der Waals surface area contributed by atoms with Gasteiger partial charge in [0.1, 0.15) is 0 Å². The molecule has 1 N–H and O–H groups in total. The molecule has 0 spiro atoms. The molecule has 4 nitrogen and oxygen atoms in total. The van der Waals surface area contributed by atoms with Gasteiger partial charge in [0.2, 0.25) is 0 Å². The highest BCUT2D eigenvalue weighted by molar-refractivity contribution is 7.85. The molecule has 2 saturated heterocycles. The number of rotatable bonds is 3. The number of aliphatic hydroxyl groups is 1. The van der Waals surface area contributed by atoms with Crippen LogP contribution in [0.15, 0.2) is 0 Å². The van der Waals surface area contributed by atoms with Crippen LogP contribution in [0.4, 0.5) is 0 Å². The van der Waals surface area contributed by atoms with Crippen molar-refractivity contribution in [3.05, 3.63) is 0 Å². The van der Waals surface area contributed by atoms with E-state index in [0.29, 0.717) is 6.61 Å². The van der Waals surface area contributed by atoms with E-state index in [0.717, 1.165) is 44.2 Å². The lowest BCUT2D eigenvalue weighted by Gasteiger charge is -2.34. The van der Waals surface area contributed by atoms with Gasteiger partial charge >= 0.3 is 0 Å². The Labute approximate surface area is 93.1 Å². The molecule has 1 unspecified atom stereocenters. The fourth-order valence-corrected chi connectivity index (χ4v) is 3.38. The van der Waals surface area contributed by atoms with Crippen molar-refractivity contribution in [3.8, 4) is 0 Å². The van der Waals surface area contributed by atoms with E-state index in [1.165, 1.54) is 0 Å². The molecule has 0 amide bonds. The normalized spacial score (nSPS) is 34.7. The summed E-state index contributed by atoms with van der Waals surface area (Å²) in [6, 6.07) is 0. The molecule has 2 rings (SSSR count). The number of nitrogens with zero attached hydrogens (tertiary/aromatic N) is 1. The molecule has 0 aromatic heterocycles. The van der Waals surface area contributed by atoms with Crippen molar-refractivity contribution in [2.45, 2.75) is 6.42 Å². The van der Waals surface area contributed by atoms with Gasteiger partial charge in [-0.15, -0.1) is 0 Å². The van der Waals surface area contributed by atoms with Crippen LogP contribution < -0.4 is 0 Å². The zero-order chi connectivity index (χ0) is 10.7. The summed E-state index contributed by atoms with van der Waals surface area (Å²) in [6.07, 6.45) is 0.948. The summed E-state index contributed by atoms with van der Waals surface area (Å²) in [6.45, 7) is 4.32. The van der Waals surface area contributed by atoms with Crippen LogP contribution in [0.3, 0.4) is 0 Å². The molecule has 88 valence electrons. The Kier molecular flexibility index (Phi) is 3.77. The van der Waals surface area contributed by atoms with Crippen LogP contribution in [-0.2, 0) is 15.5 Å². The molecule has 0 aliphatic carbocycles. The van der Waals surface area contributed by atoms with Crippen LogP contribution in [0.5, 0.6) is 0 Å². The molecule has 0 saturated carbocycles. The molecular formula is C10H19NO3S. The van der Waals surface area contributed by atoms with Gasteiger partial charge < -0.3 is 14.7 Å². The van der Waals surface area contributed by atoms with Gasteiger partial charge in [-0.05, 0) is 6.42 Å². The fourth-order valence-electron chi connectivity index (χ4n) is 2.26. The van der Waals surface area contributed by atoms with E-state index in [2.05, 4.69) is 4.90 Å². The highest BCUT2D eigenvalue weighted by Crippen LogP contribution is 2.29. The third-order valence-corrected chi connectivity index (χ3v) is 4.63. The van der Waals surface area contributed by atoms with Crippen molar-refractivity contribution in [1.29, 1.82) is 0 Å². The van der Waals surface area contributed by atoms with Crippen LogP contribution in [0.2, 0.25) is 0 Å². The summed E-state index contributed by atoms with van der Waals surface area (Å²) in [7, 11) is -0.615. The highest BCUT2D eigenvalue weighted by Gasteiger charge is 2.36. The van der Waals surface area contributed by atoms with E-state index < -0.39 is 10.8 Å². The first-order valence-corrected chi connectivity index (χ1v) is 6.99. The zero-order valence-corrected chi connectivity index (χ0v) is 9.80. The van der Waals surface area contributed by atoms with Gasteiger partial charge in [-0.2, -0.15) is 0 Å². The van der Waals surface area contributed by atoms with E-state index in [1.54, 1.807) is 0 Å². The molecule has 1 atom stereocenters. The predicted molar refractivity (Wildman–Crippen MR) is 59.3 cm³/mol. The molecular weight excluding hydrogens is 214 g/mol. The van der Waals surface area contributed by atoms with E-state index in [-0.39, 0.29) is 12.0 Å². The van der Waals surface area contributed by atoms with Crippen molar-refractivity contribution >= 4 is 10.8 Å². The standard InChI is InChI=1S/C10H19NO3S/c12-8-10(1-4-14-9-10)7-11-2-5-15(13)6-3-11/h12H,1-9H2. The number of ether oxygens (including phenoxy) is 1. The summed E-state index contributed by atoms with van der Waals surface area (Å²) in [5, 5.41) is 9.43. The Morgan fingerprint density at radius 2 is 2.13 bits per heavy atom. The molecule has 2 aliphatic rings. The topological polar surface area (TPSA) is 49.8 Å². The Bertz CT molecular complexity index is 231. The second-order valence-corrected chi connectivity index (χ2v) is 6.28. The van der Waals surface area contributed by atoms with Crippen LogP contribution in [0, 0.1) is 5.41 Å². The van der Waals surface area contributed by atoms with Crippen molar-refractivity contribution in [3.63, 3.8) is 0 Å². The van der Waals surface area contributed by atoms with Gasteiger partial charge in [0.15, 0.2) is 0 Å². The second-order valence-electron chi connectivity index (χ2n) is 4.58. The Balaban J connectivity index is 1.87. The van der Waals surface area contributed by atoms with Crippen LogP contribution in [-0.4, -0.2) is 65.2 Å². The van der Waals surface area contributed by atoms with E-state index in [4.69, 9.17) is 4.74 Å². The van der Waals surface area contributed by atoms with Crippen molar-refractivity contribution in [1.82, 2.24) is 4.90 Å².